The number of carbonyl (C=O) groups excluding carboxylic acids is 1. The first-order valence-electron chi connectivity index (χ1n) is 7.87. The van der Waals surface area contributed by atoms with Crippen LogP contribution >= 0.6 is 11.3 Å². The second-order valence-electron chi connectivity index (χ2n) is 5.69. The predicted octanol–water partition coefficient (Wildman–Crippen LogP) is 4.70. The standard InChI is InChI=1S/C19H18FN3OS/c1-12(19(24)23-17-9-5-15(20)6-10-17)21-16-7-3-14(4-8-16)18-11-25-13(2)22-18/h3-12,21H,1-2H3,(H,23,24)/t12-/m0/s1. The number of aromatic nitrogens is 1. The Kier molecular flexibility index (Phi) is 5.09. The molecule has 0 saturated heterocycles. The lowest BCUT2D eigenvalue weighted by atomic mass is 10.1. The lowest BCUT2D eigenvalue weighted by Crippen LogP contribution is -2.31. The molecule has 0 aliphatic rings. The highest BCUT2D eigenvalue weighted by Crippen LogP contribution is 2.23. The van der Waals surface area contributed by atoms with Gasteiger partial charge in [0.1, 0.15) is 11.9 Å². The number of hydrogen-bond donors (Lipinski definition) is 2. The van der Waals surface area contributed by atoms with Crippen LogP contribution in [0.25, 0.3) is 11.3 Å². The number of aryl methyl sites for hydroxylation is 1. The topological polar surface area (TPSA) is 54.0 Å². The van der Waals surface area contributed by atoms with Gasteiger partial charge in [0.15, 0.2) is 0 Å². The van der Waals surface area contributed by atoms with Crippen LogP contribution in [0.4, 0.5) is 15.8 Å². The molecule has 0 unspecified atom stereocenters. The molecule has 0 spiro atoms. The van der Waals surface area contributed by atoms with Gasteiger partial charge in [0, 0.05) is 22.3 Å². The summed E-state index contributed by atoms with van der Waals surface area (Å²) in [7, 11) is 0. The Balaban J connectivity index is 1.61. The predicted molar refractivity (Wildman–Crippen MR) is 100 cm³/mol. The van der Waals surface area contributed by atoms with Crippen molar-refractivity contribution in [3.05, 3.63) is 64.7 Å². The van der Waals surface area contributed by atoms with Gasteiger partial charge in [0.25, 0.3) is 0 Å². The van der Waals surface area contributed by atoms with E-state index < -0.39 is 6.04 Å². The van der Waals surface area contributed by atoms with E-state index in [-0.39, 0.29) is 11.7 Å². The Labute approximate surface area is 149 Å². The maximum Gasteiger partial charge on any atom is 0.246 e. The van der Waals surface area contributed by atoms with Crippen LogP contribution in [0.5, 0.6) is 0 Å². The summed E-state index contributed by atoms with van der Waals surface area (Å²) in [6, 6.07) is 13.0. The lowest BCUT2D eigenvalue weighted by Gasteiger charge is -2.15. The molecule has 1 heterocycles. The number of carbonyl (C=O) groups is 1. The molecule has 3 aromatic rings. The summed E-state index contributed by atoms with van der Waals surface area (Å²) >= 11 is 1.62. The minimum Gasteiger partial charge on any atom is -0.374 e. The highest BCUT2D eigenvalue weighted by atomic mass is 32.1. The zero-order valence-corrected chi connectivity index (χ0v) is 14.7. The molecule has 1 aromatic heterocycles. The van der Waals surface area contributed by atoms with Crippen LogP contribution in [0.15, 0.2) is 53.9 Å². The lowest BCUT2D eigenvalue weighted by molar-refractivity contribution is -0.116. The van der Waals surface area contributed by atoms with E-state index in [4.69, 9.17) is 0 Å². The quantitative estimate of drug-likeness (QED) is 0.698. The van der Waals surface area contributed by atoms with Gasteiger partial charge in [0.05, 0.1) is 10.7 Å². The van der Waals surface area contributed by atoms with Crippen LogP contribution in [-0.2, 0) is 4.79 Å². The second-order valence-corrected chi connectivity index (χ2v) is 6.75. The third-order valence-corrected chi connectivity index (χ3v) is 4.46. The second kappa shape index (κ2) is 7.44. The van der Waals surface area contributed by atoms with Crippen LogP contribution < -0.4 is 10.6 Å². The fourth-order valence-electron chi connectivity index (χ4n) is 2.33. The van der Waals surface area contributed by atoms with E-state index >= 15 is 0 Å². The Morgan fingerprint density at radius 2 is 1.72 bits per heavy atom. The van der Waals surface area contributed by atoms with Crippen molar-refractivity contribution in [2.45, 2.75) is 19.9 Å². The molecule has 6 heteroatoms. The third-order valence-electron chi connectivity index (χ3n) is 3.69. The van der Waals surface area contributed by atoms with Gasteiger partial charge in [-0.1, -0.05) is 12.1 Å². The minimum absolute atomic E-state index is 0.189. The van der Waals surface area contributed by atoms with Gasteiger partial charge >= 0.3 is 0 Å². The minimum atomic E-state index is -0.433. The molecule has 128 valence electrons. The van der Waals surface area contributed by atoms with Crippen molar-refractivity contribution in [2.24, 2.45) is 0 Å². The van der Waals surface area contributed by atoms with E-state index in [1.165, 1.54) is 24.3 Å². The van der Waals surface area contributed by atoms with Crippen molar-refractivity contribution >= 4 is 28.6 Å². The van der Waals surface area contributed by atoms with Gasteiger partial charge in [-0.15, -0.1) is 11.3 Å². The molecule has 0 aliphatic heterocycles. The zero-order chi connectivity index (χ0) is 17.8. The summed E-state index contributed by atoms with van der Waals surface area (Å²) in [5, 5.41) is 8.96. The van der Waals surface area contributed by atoms with E-state index in [0.29, 0.717) is 5.69 Å². The van der Waals surface area contributed by atoms with Gasteiger partial charge in [0.2, 0.25) is 5.91 Å². The number of anilines is 2. The molecule has 2 aromatic carbocycles. The first-order valence-corrected chi connectivity index (χ1v) is 8.75. The molecular weight excluding hydrogens is 337 g/mol. The largest absolute Gasteiger partial charge is 0.374 e. The first kappa shape index (κ1) is 17.1. The van der Waals surface area contributed by atoms with Gasteiger partial charge in [-0.2, -0.15) is 0 Å². The Morgan fingerprint density at radius 3 is 2.32 bits per heavy atom. The number of benzene rings is 2. The number of thiazole rings is 1. The molecule has 0 aliphatic carbocycles. The van der Waals surface area contributed by atoms with E-state index in [1.807, 2.05) is 36.6 Å². The molecule has 0 radical (unpaired) electrons. The average Bonchev–Trinajstić information content (AvgIpc) is 3.04. The maximum atomic E-state index is 12.9. The SMILES string of the molecule is Cc1nc(-c2ccc(N[C@@H](C)C(=O)Nc3ccc(F)cc3)cc2)cs1. The van der Waals surface area contributed by atoms with Crippen LogP contribution in [-0.4, -0.2) is 16.9 Å². The number of nitrogens with one attached hydrogen (secondary N) is 2. The summed E-state index contributed by atoms with van der Waals surface area (Å²) in [6.07, 6.45) is 0. The fraction of sp³-hybridized carbons (Fsp3) is 0.158. The molecule has 3 rings (SSSR count). The van der Waals surface area contributed by atoms with E-state index in [9.17, 15) is 9.18 Å². The zero-order valence-electron chi connectivity index (χ0n) is 13.9. The van der Waals surface area contributed by atoms with Crippen LogP contribution in [0.2, 0.25) is 0 Å². The molecule has 2 N–H and O–H groups in total. The number of halogens is 1. The third kappa shape index (κ3) is 4.42. The van der Waals surface area contributed by atoms with Crippen molar-refractivity contribution in [1.82, 2.24) is 4.98 Å². The van der Waals surface area contributed by atoms with Gasteiger partial charge in [-0.25, -0.2) is 9.37 Å². The first-order chi connectivity index (χ1) is 12.0. The monoisotopic (exact) mass is 355 g/mol. The van der Waals surface area contributed by atoms with Gasteiger partial charge in [-0.05, 0) is 50.2 Å². The summed E-state index contributed by atoms with van der Waals surface area (Å²) in [5.74, 6) is -0.523. The highest BCUT2D eigenvalue weighted by Gasteiger charge is 2.13. The van der Waals surface area contributed by atoms with Crippen molar-refractivity contribution in [3.8, 4) is 11.3 Å². The highest BCUT2D eigenvalue weighted by molar-refractivity contribution is 7.09. The van der Waals surface area contributed by atoms with Gasteiger partial charge in [-0.3, -0.25) is 4.79 Å². The van der Waals surface area contributed by atoms with Crippen molar-refractivity contribution < 1.29 is 9.18 Å². The molecule has 4 nitrogen and oxygen atoms in total. The summed E-state index contributed by atoms with van der Waals surface area (Å²) in [6.45, 7) is 3.75. The number of hydrogen-bond acceptors (Lipinski definition) is 4. The van der Waals surface area contributed by atoms with Crippen LogP contribution in [0.1, 0.15) is 11.9 Å². The van der Waals surface area contributed by atoms with E-state index in [0.717, 1.165) is 22.0 Å². The van der Waals surface area contributed by atoms with Crippen molar-refractivity contribution in [2.75, 3.05) is 10.6 Å². The van der Waals surface area contributed by atoms with Crippen molar-refractivity contribution in [1.29, 1.82) is 0 Å². The Bertz CT molecular complexity index is 859. The molecule has 1 amide bonds. The number of nitrogens with zero attached hydrogens (tertiary/aromatic N) is 1. The smallest absolute Gasteiger partial charge is 0.246 e. The molecule has 25 heavy (non-hydrogen) atoms. The number of amides is 1. The number of rotatable bonds is 5. The fourth-order valence-corrected chi connectivity index (χ4v) is 2.95. The average molecular weight is 355 g/mol. The van der Waals surface area contributed by atoms with E-state index in [1.54, 1.807) is 18.3 Å². The normalized spacial score (nSPS) is 11.8. The molecular formula is C19H18FN3OS. The van der Waals surface area contributed by atoms with Crippen molar-refractivity contribution in [3.63, 3.8) is 0 Å². The summed E-state index contributed by atoms with van der Waals surface area (Å²) in [5.41, 5.74) is 3.40. The molecule has 0 fully saturated rings. The van der Waals surface area contributed by atoms with Crippen LogP contribution in [0, 0.1) is 12.7 Å². The Hall–Kier alpha value is -2.73. The molecule has 1 atom stereocenters. The van der Waals surface area contributed by atoms with Crippen LogP contribution in [0.3, 0.4) is 0 Å². The molecule has 0 bridgehead atoms. The molecule has 0 saturated carbocycles. The summed E-state index contributed by atoms with van der Waals surface area (Å²) in [4.78, 5) is 16.7. The van der Waals surface area contributed by atoms with E-state index in [2.05, 4.69) is 15.6 Å². The maximum absolute atomic E-state index is 12.9. The Morgan fingerprint density at radius 1 is 1.08 bits per heavy atom. The van der Waals surface area contributed by atoms with Gasteiger partial charge < -0.3 is 10.6 Å². The summed E-state index contributed by atoms with van der Waals surface area (Å²) < 4.78 is 12.9.